The van der Waals surface area contributed by atoms with E-state index in [1.807, 2.05) is 36.4 Å². The van der Waals surface area contributed by atoms with Crippen LogP contribution in [0.3, 0.4) is 0 Å². The lowest BCUT2D eigenvalue weighted by Crippen LogP contribution is -2.12. The second kappa shape index (κ2) is 7.06. The highest BCUT2D eigenvalue weighted by Gasteiger charge is 2.17. The first kappa shape index (κ1) is 15.9. The molecular weight excluding hydrogens is 304 g/mol. The molecule has 122 valence electrons. The van der Waals surface area contributed by atoms with E-state index in [1.54, 1.807) is 37.4 Å². The van der Waals surface area contributed by atoms with E-state index in [0.717, 1.165) is 16.8 Å². The molecule has 2 aromatic heterocycles. The van der Waals surface area contributed by atoms with Crippen LogP contribution in [0.25, 0.3) is 11.3 Å². The number of methoxy groups -OCH3 is 1. The Morgan fingerprint density at radius 1 is 1.29 bits per heavy atom. The van der Waals surface area contributed by atoms with Gasteiger partial charge in [-0.3, -0.25) is 14.5 Å². The minimum absolute atomic E-state index is 0.212. The highest BCUT2D eigenvalue weighted by Crippen LogP contribution is 2.22. The highest BCUT2D eigenvalue weighted by atomic mass is 16.5. The summed E-state index contributed by atoms with van der Waals surface area (Å²) in [6, 6.07) is 11.3. The largest absolute Gasteiger partial charge is 0.380 e. The summed E-state index contributed by atoms with van der Waals surface area (Å²) in [7, 11) is 3.43. The SMILES string of the molecule is COCc1cccc(NC(=O)c2cn(C)nc2-c2cccnc2)c1. The number of benzene rings is 1. The van der Waals surface area contributed by atoms with E-state index in [-0.39, 0.29) is 5.91 Å². The van der Waals surface area contributed by atoms with Gasteiger partial charge >= 0.3 is 0 Å². The Bertz CT molecular complexity index is 843. The summed E-state index contributed by atoms with van der Waals surface area (Å²) in [4.78, 5) is 16.8. The van der Waals surface area contributed by atoms with Crippen LogP contribution in [0.4, 0.5) is 5.69 Å². The molecule has 0 fully saturated rings. The molecule has 6 nitrogen and oxygen atoms in total. The summed E-state index contributed by atoms with van der Waals surface area (Å²) >= 11 is 0. The Kier molecular flexibility index (Phi) is 4.67. The van der Waals surface area contributed by atoms with Gasteiger partial charge in [-0.2, -0.15) is 5.10 Å². The zero-order chi connectivity index (χ0) is 16.9. The second-order valence-electron chi connectivity index (χ2n) is 5.39. The standard InChI is InChI=1S/C18H18N4O2/c1-22-11-16(17(21-22)14-6-4-8-19-10-14)18(23)20-15-7-3-5-13(9-15)12-24-2/h3-11H,12H2,1-2H3,(H,20,23). The molecule has 24 heavy (non-hydrogen) atoms. The molecule has 0 spiro atoms. The van der Waals surface area contributed by atoms with E-state index in [9.17, 15) is 4.79 Å². The fourth-order valence-electron chi connectivity index (χ4n) is 2.47. The van der Waals surface area contributed by atoms with Crippen molar-refractivity contribution in [2.45, 2.75) is 6.61 Å². The van der Waals surface area contributed by atoms with Crippen molar-refractivity contribution < 1.29 is 9.53 Å². The molecule has 0 atom stereocenters. The average Bonchev–Trinajstić information content (AvgIpc) is 2.98. The van der Waals surface area contributed by atoms with Crippen LogP contribution in [0.2, 0.25) is 0 Å². The van der Waals surface area contributed by atoms with Crippen LogP contribution in [0, 0.1) is 0 Å². The van der Waals surface area contributed by atoms with E-state index < -0.39 is 0 Å². The predicted molar refractivity (Wildman–Crippen MR) is 91.5 cm³/mol. The van der Waals surface area contributed by atoms with E-state index in [2.05, 4.69) is 15.4 Å². The Balaban J connectivity index is 1.87. The topological polar surface area (TPSA) is 69.0 Å². The fraction of sp³-hybridized carbons (Fsp3) is 0.167. The quantitative estimate of drug-likeness (QED) is 0.784. The lowest BCUT2D eigenvalue weighted by atomic mass is 10.1. The zero-order valence-electron chi connectivity index (χ0n) is 13.6. The molecule has 0 aliphatic carbocycles. The van der Waals surface area contributed by atoms with Gasteiger partial charge in [0.1, 0.15) is 5.69 Å². The van der Waals surface area contributed by atoms with Crippen molar-refractivity contribution >= 4 is 11.6 Å². The molecule has 0 aliphatic rings. The number of rotatable bonds is 5. The smallest absolute Gasteiger partial charge is 0.259 e. The van der Waals surface area contributed by atoms with Crippen molar-refractivity contribution in [2.75, 3.05) is 12.4 Å². The van der Waals surface area contributed by atoms with Gasteiger partial charge in [-0.1, -0.05) is 12.1 Å². The lowest BCUT2D eigenvalue weighted by molar-refractivity contribution is 0.102. The Morgan fingerprint density at radius 3 is 2.92 bits per heavy atom. The Labute approximate surface area is 140 Å². The highest BCUT2D eigenvalue weighted by molar-refractivity contribution is 6.08. The van der Waals surface area contributed by atoms with Gasteiger partial charge in [-0.15, -0.1) is 0 Å². The van der Waals surface area contributed by atoms with Crippen LogP contribution >= 0.6 is 0 Å². The van der Waals surface area contributed by atoms with Crippen molar-refractivity contribution in [1.29, 1.82) is 0 Å². The predicted octanol–water partition coefficient (Wildman–Crippen LogP) is 2.88. The molecule has 3 aromatic rings. The first-order valence-corrected chi connectivity index (χ1v) is 7.50. The van der Waals surface area contributed by atoms with Gasteiger partial charge in [0.15, 0.2) is 0 Å². The van der Waals surface area contributed by atoms with Gasteiger partial charge in [-0.05, 0) is 29.8 Å². The molecule has 1 amide bonds. The van der Waals surface area contributed by atoms with Crippen LogP contribution in [0.15, 0.2) is 55.0 Å². The zero-order valence-corrected chi connectivity index (χ0v) is 13.6. The second-order valence-corrected chi connectivity index (χ2v) is 5.39. The minimum atomic E-state index is -0.212. The third-order valence-corrected chi connectivity index (χ3v) is 3.50. The monoisotopic (exact) mass is 322 g/mol. The molecule has 0 radical (unpaired) electrons. The number of aromatic nitrogens is 3. The summed E-state index contributed by atoms with van der Waals surface area (Å²) in [6.07, 6.45) is 5.09. The van der Waals surface area contributed by atoms with Gasteiger partial charge in [0.25, 0.3) is 5.91 Å². The molecular formula is C18H18N4O2. The number of pyridine rings is 1. The van der Waals surface area contributed by atoms with Crippen LogP contribution in [0.1, 0.15) is 15.9 Å². The van der Waals surface area contributed by atoms with E-state index in [1.165, 1.54) is 0 Å². The van der Waals surface area contributed by atoms with Gasteiger partial charge in [0.05, 0.1) is 12.2 Å². The number of anilines is 1. The summed E-state index contributed by atoms with van der Waals surface area (Å²) < 4.78 is 6.74. The van der Waals surface area contributed by atoms with E-state index in [0.29, 0.717) is 17.9 Å². The van der Waals surface area contributed by atoms with Crippen molar-refractivity contribution in [3.05, 3.63) is 66.1 Å². The number of hydrogen-bond donors (Lipinski definition) is 1. The summed E-state index contributed by atoms with van der Waals surface area (Å²) in [5, 5.41) is 7.30. The maximum absolute atomic E-state index is 12.7. The molecule has 0 saturated heterocycles. The number of carbonyl (C=O) groups is 1. The molecule has 0 aliphatic heterocycles. The van der Waals surface area contributed by atoms with Crippen molar-refractivity contribution in [3.63, 3.8) is 0 Å². The summed E-state index contributed by atoms with van der Waals surface area (Å²) in [6.45, 7) is 0.498. The third kappa shape index (κ3) is 3.49. The van der Waals surface area contributed by atoms with Crippen molar-refractivity contribution in [3.8, 4) is 11.3 Å². The number of ether oxygens (including phenoxy) is 1. The number of carbonyl (C=O) groups excluding carboxylic acids is 1. The molecule has 0 saturated carbocycles. The Morgan fingerprint density at radius 2 is 2.17 bits per heavy atom. The molecule has 3 rings (SSSR count). The molecule has 2 heterocycles. The van der Waals surface area contributed by atoms with Crippen molar-refractivity contribution in [2.24, 2.45) is 7.05 Å². The average molecular weight is 322 g/mol. The maximum Gasteiger partial charge on any atom is 0.259 e. The van der Waals surface area contributed by atoms with Crippen LogP contribution in [-0.2, 0) is 18.4 Å². The first-order chi connectivity index (χ1) is 11.7. The molecule has 0 unspecified atom stereocenters. The third-order valence-electron chi connectivity index (χ3n) is 3.50. The van der Waals surface area contributed by atoms with Gasteiger partial charge < -0.3 is 10.1 Å². The molecule has 1 aromatic carbocycles. The number of amides is 1. The molecule has 1 N–H and O–H groups in total. The van der Waals surface area contributed by atoms with Gasteiger partial charge in [0.2, 0.25) is 0 Å². The molecule has 6 heteroatoms. The van der Waals surface area contributed by atoms with Crippen LogP contribution in [0.5, 0.6) is 0 Å². The first-order valence-electron chi connectivity index (χ1n) is 7.50. The number of hydrogen-bond acceptors (Lipinski definition) is 4. The number of nitrogens with one attached hydrogen (secondary N) is 1. The molecule has 0 bridgehead atoms. The lowest BCUT2D eigenvalue weighted by Gasteiger charge is -2.07. The summed E-state index contributed by atoms with van der Waals surface area (Å²) in [5.74, 6) is -0.212. The van der Waals surface area contributed by atoms with Crippen molar-refractivity contribution in [1.82, 2.24) is 14.8 Å². The van der Waals surface area contributed by atoms with Gasteiger partial charge in [0, 0.05) is 44.0 Å². The minimum Gasteiger partial charge on any atom is -0.380 e. The summed E-state index contributed by atoms with van der Waals surface area (Å²) in [5.41, 5.74) is 3.62. The maximum atomic E-state index is 12.7. The van der Waals surface area contributed by atoms with Crippen LogP contribution < -0.4 is 5.32 Å². The Hall–Kier alpha value is -2.99. The van der Waals surface area contributed by atoms with Gasteiger partial charge in [-0.25, -0.2) is 0 Å². The normalized spacial score (nSPS) is 10.6. The van der Waals surface area contributed by atoms with E-state index >= 15 is 0 Å². The van der Waals surface area contributed by atoms with E-state index in [4.69, 9.17) is 4.74 Å². The number of aryl methyl sites for hydroxylation is 1. The fourth-order valence-corrected chi connectivity index (χ4v) is 2.47. The number of nitrogens with zero attached hydrogens (tertiary/aromatic N) is 3. The van der Waals surface area contributed by atoms with Crippen LogP contribution in [-0.4, -0.2) is 27.8 Å².